The summed E-state index contributed by atoms with van der Waals surface area (Å²) in [6.07, 6.45) is 0. The third-order valence-corrected chi connectivity index (χ3v) is 2.29. The lowest BCUT2D eigenvalue weighted by molar-refractivity contribution is 1.31. The van der Waals surface area contributed by atoms with Crippen molar-refractivity contribution in [3.8, 4) is 6.07 Å². The average Bonchev–Trinajstić information content (AvgIpc) is 2.14. The molecule has 1 rings (SSSR count). The highest BCUT2D eigenvalue weighted by molar-refractivity contribution is 14.1. The molecule has 0 bridgehead atoms. The molecule has 0 radical (unpaired) electrons. The highest BCUT2D eigenvalue weighted by atomic mass is 127. The molecule has 0 aliphatic rings. The summed E-state index contributed by atoms with van der Waals surface area (Å²) in [7, 11) is 0. The fourth-order valence-corrected chi connectivity index (χ4v) is 1.56. The molecule has 40 valence electrons. The summed E-state index contributed by atoms with van der Waals surface area (Å²) in [5.41, 5.74) is 0. The van der Waals surface area contributed by atoms with E-state index >= 15 is 0 Å². The Morgan fingerprint density at radius 3 is 2.88 bits per heavy atom. The van der Waals surface area contributed by atoms with E-state index in [1.54, 1.807) is 0 Å². The van der Waals surface area contributed by atoms with Crippen molar-refractivity contribution >= 4 is 33.9 Å². The molecule has 0 amide bonds. The van der Waals surface area contributed by atoms with E-state index in [0.717, 1.165) is 3.70 Å². The van der Waals surface area contributed by atoms with E-state index in [0.29, 0.717) is 5.01 Å². The van der Waals surface area contributed by atoms with Crippen LogP contribution in [0.1, 0.15) is 5.01 Å². The van der Waals surface area contributed by atoms with Gasteiger partial charge in [0, 0.05) is 5.38 Å². The van der Waals surface area contributed by atoms with E-state index in [1.807, 2.05) is 11.4 Å². The smallest absolute Gasteiger partial charge is 0.195 e. The Bertz CT molecular complexity index is 224. The summed E-state index contributed by atoms with van der Waals surface area (Å²) in [6.45, 7) is 0. The zero-order valence-corrected chi connectivity index (χ0v) is 6.73. The van der Waals surface area contributed by atoms with E-state index in [1.165, 1.54) is 11.3 Å². The second-order valence-corrected chi connectivity index (χ2v) is 3.05. The first kappa shape index (κ1) is 5.98. The van der Waals surface area contributed by atoms with E-state index < -0.39 is 0 Å². The van der Waals surface area contributed by atoms with Crippen LogP contribution in [0.15, 0.2) is 5.38 Å². The predicted molar refractivity (Wildman–Crippen MR) is 39.5 cm³/mol. The zero-order valence-electron chi connectivity index (χ0n) is 3.76. The molecule has 0 spiro atoms. The summed E-state index contributed by atoms with van der Waals surface area (Å²) >= 11 is 3.44. The quantitative estimate of drug-likeness (QED) is 0.641. The average molecular weight is 236 g/mol. The van der Waals surface area contributed by atoms with Crippen molar-refractivity contribution in [3.05, 3.63) is 14.1 Å². The normalized spacial score (nSPS) is 8.50. The first-order valence-corrected chi connectivity index (χ1v) is 3.80. The Hall–Kier alpha value is -0.150. The van der Waals surface area contributed by atoms with Gasteiger partial charge in [-0.1, -0.05) is 0 Å². The lowest BCUT2D eigenvalue weighted by Gasteiger charge is -1.66. The summed E-state index contributed by atoms with van der Waals surface area (Å²) in [5.74, 6) is 0. The lowest BCUT2D eigenvalue weighted by atomic mass is 10.8. The van der Waals surface area contributed by atoms with E-state index in [4.69, 9.17) is 5.26 Å². The molecule has 8 heavy (non-hydrogen) atoms. The highest BCUT2D eigenvalue weighted by Gasteiger charge is 1.93. The topological polar surface area (TPSA) is 36.7 Å². The standard InChI is InChI=1S/C4HIN2S/c5-3-2-8-4(1-6)7-3/h2H. The third kappa shape index (κ3) is 1.17. The number of aromatic nitrogens is 1. The molecule has 0 unspecified atom stereocenters. The van der Waals surface area contributed by atoms with Crippen LogP contribution in [-0.2, 0) is 0 Å². The molecule has 0 N–H and O–H groups in total. The maximum absolute atomic E-state index is 8.25. The Balaban J connectivity index is 3.05. The molecule has 0 aliphatic carbocycles. The summed E-state index contributed by atoms with van der Waals surface area (Å²) < 4.78 is 0.893. The van der Waals surface area contributed by atoms with Gasteiger partial charge in [0.15, 0.2) is 5.01 Å². The van der Waals surface area contributed by atoms with Crippen molar-refractivity contribution in [1.29, 1.82) is 5.26 Å². The van der Waals surface area contributed by atoms with Gasteiger partial charge in [-0.2, -0.15) is 5.26 Å². The molecule has 0 fully saturated rings. The van der Waals surface area contributed by atoms with Gasteiger partial charge < -0.3 is 0 Å². The van der Waals surface area contributed by atoms with E-state index in [-0.39, 0.29) is 0 Å². The van der Waals surface area contributed by atoms with Gasteiger partial charge in [-0.3, -0.25) is 0 Å². The second kappa shape index (κ2) is 2.42. The number of hydrogen-bond acceptors (Lipinski definition) is 3. The van der Waals surface area contributed by atoms with Gasteiger partial charge in [-0.15, -0.1) is 11.3 Å². The molecule has 2 nitrogen and oxygen atoms in total. The van der Waals surface area contributed by atoms with Crippen LogP contribution >= 0.6 is 33.9 Å². The summed E-state index contributed by atoms with van der Waals surface area (Å²) in [5, 5.41) is 10.6. The number of nitrogens with zero attached hydrogens (tertiary/aromatic N) is 2. The maximum Gasteiger partial charge on any atom is 0.195 e. The highest BCUT2D eigenvalue weighted by Crippen LogP contribution is 2.09. The zero-order chi connectivity index (χ0) is 5.98. The van der Waals surface area contributed by atoms with Crippen LogP contribution in [0.4, 0.5) is 0 Å². The summed E-state index contributed by atoms with van der Waals surface area (Å²) in [6, 6.07) is 1.95. The monoisotopic (exact) mass is 236 g/mol. The summed E-state index contributed by atoms with van der Waals surface area (Å²) in [4.78, 5) is 3.87. The Labute approximate surface area is 64.3 Å². The Kier molecular flexibility index (Phi) is 1.81. The van der Waals surface area contributed by atoms with Crippen LogP contribution in [-0.4, -0.2) is 4.98 Å². The van der Waals surface area contributed by atoms with Crippen molar-refractivity contribution in [1.82, 2.24) is 4.98 Å². The molecule has 4 heteroatoms. The largest absolute Gasteiger partial charge is 0.220 e. The fourth-order valence-electron chi connectivity index (χ4n) is 0.306. The number of hydrogen-bond donors (Lipinski definition) is 0. The second-order valence-electron chi connectivity index (χ2n) is 1.09. The Morgan fingerprint density at radius 1 is 1.88 bits per heavy atom. The molecule has 0 aromatic carbocycles. The van der Waals surface area contributed by atoms with Gasteiger partial charge in [0.25, 0.3) is 0 Å². The Morgan fingerprint density at radius 2 is 2.62 bits per heavy atom. The minimum absolute atomic E-state index is 0.536. The SMILES string of the molecule is N#Cc1nc(I)cs1. The first-order valence-electron chi connectivity index (χ1n) is 1.84. The van der Waals surface area contributed by atoms with E-state index in [2.05, 4.69) is 27.6 Å². The molecule has 0 atom stereocenters. The molecule has 0 saturated carbocycles. The lowest BCUT2D eigenvalue weighted by Crippen LogP contribution is -1.68. The van der Waals surface area contributed by atoms with Crippen molar-refractivity contribution < 1.29 is 0 Å². The maximum atomic E-state index is 8.25. The third-order valence-electron chi connectivity index (χ3n) is 0.572. The minimum Gasteiger partial charge on any atom is -0.220 e. The molecule has 1 aromatic rings. The molecule has 1 heterocycles. The van der Waals surface area contributed by atoms with Crippen LogP contribution in [0, 0.1) is 15.0 Å². The van der Waals surface area contributed by atoms with Crippen LogP contribution in [0.2, 0.25) is 0 Å². The molecular weight excluding hydrogens is 235 g/mol. The van der Waals surface area contributed by atoms with Crippen LogP contribution in [0.5, 0.6) is 0 Å². The van der Waals surface area contributed by atoms with Crippen LogP contribution in [0.3, 0.4) is 0 Å². The number of rotatable bonds is 0. The van der Waals surface area contributed by atoms with Crippen molar-refractivity contribution in [2.45, 2.75) is 0 Å². The van der Waals surface area contributed by atoms with Gasteiger partial charge in [0.05, 0.1) is 0 Å². The predicted octanol–water partition coefficient (Wildman–Crippen LogP) is 1.62. The molecule has 1 aromatic heterocycles. The first-order chi connectivity index (χ1) is 3.83. The van der Waals surface area contributed by atoms with Crippen LogP contribution < -0.4 is 0 Å². The van der Waals surface area contributed by atoms with Crippen molar-refractivity contribution in [2.75, 3.05) is 0 Å². The van der Waals surface area contributed by atoms with Gasteiger partial charge in [0.2, 0.25) is 0 Å². The van der Waals surface area contributed by atoms with Crippen molar-refractivity contribution in [3.63, 3.8) is 0 Å². The fraction of sp³-hybridized carbons (Fsp3) is 0. The number of nitriles is 1. The van der Waals surface area contributed by atoms with Gasteiger partial charge in [-0.25, -0.2) is 4.98 Å². The van der Waals surface area contributed by atoms with Crippen LogP contribution in [0.25, 0.3) is 0 Å². The number of thiazole rings is 1. The minimum atomic E-state index is 0.536. The van der Waals surface area contributed by atoms with Crippen molar-refractivity contribution in [2.24, 2.45) is 0 Å². The van der Waals surface area contributed by atoms with Gasteiger partial charge in [0.1, 0.15) is 9.77 Å². The molecular formula is C4HIN2S. The van der Waals surface area contributed by atoms with Gasteiger partial charge >= 0.3 is 0 Å². The molecule has 0 aliphatic heterocycles. The molecule has 0 saturated heterocycles. The van der Waals surface area contributed by atoms with Gasteiger partial charge in [-0.05, 0) is 22.6 Å². The van der Waals surface area contributed by atoms with E-state index in [9.17, 15) is 0 Å². The number of halogens is 1.